The summed E-state index contributed by atoms with van der Waals surface area (Å²) in [6.45, 7) is 4.50. The molecule has 130 valence electrons. The molecule has 0 saturated heterocycles. The van der Waals surface area contributed by atoms with Crippen LogP contribution in [0.4, 0.5) is 0 Å². The SMILES string of the molecule is CCCCCCCCCCCCOC(=O)c1ccc(O)c(C)c1. The van der Waals surface area contributed by atoms with E-state index in [-0.39, 0.29) is 11.7 Å². The number of aromatic hydroxyl groups is 1. The lowest BCUT2D eigenvalue weighted by Crippen LogP contribution is -2.06. The van der Waals surface area contributed by atoms with Gasteiger partial charge < -0.3 is 9.84 Å². The first-order valence-corrected chi connectivity index (χ1v) is 9.12. The molecular weight excluding hydrogens is 288 g/mol. The Morgan fingerprint density at radius 1 is 0.957 bits per heavy atom. The van der Waals surface area contributed by atoms with Crippen molar-refractivity contribution in [3.8, 4) is 5.75 Å². The normalized spacial score (nSPS) is 10.7. The lowest BCUT2D eigenvalue weighted by molar-refractivity contribution is 0.0497. The molecule has 1 N–H and O–H groups in total. The van der Waals surface area contributed by atoms with Gasteiger partial charge >= 0.3 is 5.97 Å². The summed E-state index contributed by atoms with van der Waals surface area (Å²) < 4.78 is 5.27. The highest BCUT2D eigenvalue weighted by Crippen LogP contribution is 2.17. The third kappa shape index (κ3) is 8.63. The molecule has 3 nitrogen and oxygen atoms in total. The van der Waals surface area contributed by atoms with E-state index in [4.69, 9.17) is 4.74 Å². The minimum Gasteiger partial charge on any atom is -0.508 e. The number of hydrogen-bond donors (Lipinski definition) is 1. The van der Waals surface area contributed by atoms with Crippen LogP contribution < -0.4 is 0 Å². The number of rotatable bonds is 12. The molecule has 0 radical (unpaired) electrons. The summed E-state index contributed by atoms with van der Waals surface area (Å²) in [5.74, 6) is -0.0970. The zero-order valence-electron chi connectivity index (χ0n) is 14.8. The first kappa shape index (κ1) is 19.5. The number of hydrogen-bond acceptors (Lipinski definition) is 3. The van der Waals surface area contributed by atoms with Crippen molar-refractivity contribution in [2.24, 2.45) is 0 Å². The summed E-state index contributed by atoms with van der Waals surface area (Å²) in [7, 11) is 0. The minimum atomic E-state index is -0.302. The van der Waals surface area contributed by atoms with Gasteiger partial charge in [0, 0.05) is 0 Å². The van der Waals surface area contributed by atoms with E-state index < -0.39 is 0 Å². The zero-order valence-corrected chi connectivity index (χ0v) is 14.8. The number of ether oxygens (including phenoxy) is 1. The lowest BCUT2D eigenvalue weighted by atomic mass is 10.1. The molecule has 0 heterocycles. The van der Waals surface area contributed by atoms with E-state index in [1.54, 1.807) is 19.1 Å². The van der Waals surface area contributed by atoms with Gasteiger partial charge in [0.25, 0.3) is 0 Å². The van der Waals surface area contributed by atoms with Crippen molar-refractivity contribution in [1.29, 1.82) is 0 Å². The quantitative estimate of drug-likeness (QED) is 0.392. The van der Waals surface area contributed by atoms with Crippen molar-refractivity contribution in [2.45, 2.75) is 78.1 Å². The molecule has 1 rings (SSSR count). The van der Waals surface area contributed by atoms with Gasteiger partial charge in [-0.05, 0) is 37.1 Å². The topological polar surface area (TPSA) is 46.5 Å². The Morgan fingerprint density at radius 3 is 2.09 bits per heavy atom. The fourth-order valence-corrected chi connectivity index (χ4v) is 2.62. The Hall–Kier alpha value is -1.51. The van der Waals surface area contributed by atoms with E-state index in [2.05, 4.69) is 6.92 Å². The van der Waals surface area contributed by atoms with Gasteiger partial charge in [-0.3, -0.25) is 0 Å². The van der Waals surface area contributed by atoms with Crippen LogP contribution in [0.3, 0.4) is 0 Å². The zero-order chi connectivity index (χ0) is 16.9. The van der Waals surface area contributed by atoms with Crippen LogP contribution in [0.1, 0.15) is 87.1 Å². The third-order valence-corrected chi connectivity index (χ3v) is 4.16. The van der Waals surface area contributed by atoms with Crippen molar-refractivity contribution in [1.82, 2.24) is 0 Å². The van der Waals surface area contributed by atoms with Gasteiger partial charge in [0.15, 0.2) is 0 Å². The number of carbonyl (C=O) groups excluding carboxylic acids is 1. The lowest BCUT2D eigenvalue weighted by Gasteiger charge is -2.06. The molecule has 0 unspecified atom stereocenters. The molecule has 0 spiro atoms. The Morgan fingerprint density at radius 2 is 1.52 bits per heavy atom. The number of carbonyl (C=O) groups is 1. The van der Waals surface area contributed by atoms with Crippen LogP contribution in [0, 0.1) is 6.92 Å². The molecule has 0 saturated carbocycles. The fourth-order valence-electron chi connectivity index (χ4n) is 2.62. The third-order valence-electron chi connectivity index (χ3n) is 4.16. The molecule has 3 heteroatoms. The second-order valence-corrected chi connectivity index (χ2v) is 6.32. The number of esters is 1. The van der Waals surface area contributed by atoms with Crippen molar-refractivity contribution in [3.05, 3.63) is 29.3 Å². The van der Waals surface area contributed by atoms with E-state index >= 15 is 0 Å². The van der Waals surface area contributed by atoms with Gasteiger partial charge in [0.2, 0.25) is 0 Å². The number of benzene rings is 1. The van der Waals surface area contributed by atoms with Crippen molar-refractivity contribution < 1.29 is 14.6 Å². The van der Waals surface area contributed by atoms with Crippen LogP contribution in [-0.4, -0.2) is 17.7 Å². The van der Waals surface area contributed by atoms with E-state index in [1.807, 2.05) is 0 Å². The number of phenols is 1. The van der Waals surface area contributed by atoms with E-state index in [1.165, 1.54) is 57.4 Å². The van der Waals surface area contributed by atoms with Gasteiger partial charge in [-0.2, -0.15) is 0 Å². The van der Waals surface area contributed by atoms with Gasteiger partial charge in [0.1, 0.15) is 5.75 Å². The van der Waals surface area contributed by atoms with Crippen LogP contribution in [0.5, 0.6) is 5.75 Å². The summed E-state index contributed by atoms with van der Waals surface area (Å²) in [4.78, 5) is 11.9. The maximum absolute atomic E-state index is 11.9. The fraction of sp³-hybridized carbons (Fsp3) is 0.650. The second-order valence-electron chi connectivity index (χ2n) is 6.32. The molecule has 23 heavy (non-hydrogen) atoms. The van der Waals surface area contributed by atoms with Crippen molar-refractivity contribution in [2.75, 3.05) is 6.61 Å². The molecule has 0 atom stereocenters. The predicted molar refractivity (Wildman–Crippen MR) is 95.0 cm³/mol. The molecule has 0 aliphatic rings. The van der Waals surface area contributed by atoms with Crippen LogP contribution in [-0.2, 0) is 4.74 Å². The Labute approximate surface area is 141 Å². The molecule has 0 fully saturated rings. The highest BCUT2D eigenvalue weighted by atomic mass is 16.5. The maximum Gasteiger partial charge on any atom is 0.338 e. The van der Waals surface area contributed by atoms with Gasteiger partial charge in [-0.1, -0.05) is 64.7 Å². The molecule has 0 aliphatic heterocycles. The van der Waals surface area contributed by atoms with Gasteiger partial charge in [0.05, 0.1) is 12.2 Å². The molecular formula is C20H32O3. The minimum absolute atomic E-state index is 0.205. The standard InChI is InChI=1S/C20H32O3/c1-3-4-5-6-7-8-9-10-11-12-15-23-20(22)18-13-14-19(21)17(2)16-18/h13-14,16,21H,3-12,15H2,1-2H3. The molecule has 0 aliphatic carbocycles. The largest absolute Gasteiger partial charge is 0.508 e. The molecule has 1 aromatic rings. The first-order chi connectivity index (χ1) is 11.1. The molecule has 0 amide bonds. The summed E-state index contributed by atoms with van der Waals surface area (Å²) in [5, 5.41) is 9.45. The Balaban J connectivity index is 2.00. The molecule has 0 bridgehead atoms. The van der Waals surface area contributed by atoms with Crippen LogP contribution >= 0.6 is 0 Å². The van der Waals surface area contributed by atoms with Gasteiger partial charge in [-0.15, -0.1) is 0 Å². The van der Waals surface area contributed by atoms with Crippen LogP contribution in [0.2, 0.25) is 0 Å². The number of unbranched alkanes of at least 4 members (excludes halogenated alkanes) is 9. The van der Waals surface area contributed by atoms with E-state index in [0.717, 1.165) is 12.8 Å². The van der Waals surface area contributed by atoms with Crippen molar-refractivity contribution >= 4 is 5.97 Å². The van der Waals surface area contributed by atoms with E-state index in [9.17, 15) is 9.90 Å². The van der Waals surface area contributed by atoms with Gasteiger partial charge in [-0.25, -0.2) is 4.79 Å². The first-order valence-electron chi connectivity index (χ1n) is 9.12. The molecule has 1 aromatic carbocycles. The number of phenolic OH excluding ortho intramolecular Hbond substituents is 1. The maximum atomic E-state index is 11.9. The summed E-state index contributed by atoms with van der Waals surface area (Å²) >= 11 is 0. The average molecular weight is 320 g/mol. The highest BCUT2D eigenvalue weighted by molar-refractivity contribution is 5.89. The van der Waals surface area contributed by atoms with E-state index in [0.29, 0.717) is 17.7 Å². The van der Waals surface area contributed by atoms with Crippen molar-refractivity contribution in [3.63, 3.8) is 0 Å². The second kappa shape index (κ2) is 12.0. The highest BCUT2D eigenvalue weighted by Gasteiger charge is 2.08. The monoisotopic (exact) mass is 320 g/mol. The van der Waals surface area contributed by atoms with Crippen LogP contribution in [0.25, 0.3) is 0 Å². The summed E-state index contributed by atoms with van der Waals surface area (Å²) in [6.07, 6.45) is 12.7. The number of aryl methyl sites for hydroxylation is 1. The Bertz CT molecular complexity index is 454. The van der Waals surface area contributed by atoms with Crippen LogP contribution in [0.15, 0.2) is 18.2 Å². The summed E-state index contributed by atoms with van der Waals surface area (Å²) in [6, 6.07) is 4.80. The molecule has 0 aromatic heterocycles. The summed E-state index contributed by atoms with van der Waals surface area (Å²) in [5.41, 5.74) is 1.20. The predicted octanol–water partition coefficient (Wildman–Crippen LogP) is 5.78. The average Bonchev–Trinajstić information content (AvgIpc) is 2.55. The smallest absolute Gasteiger partial charge is 0.338 e. The Kier molecular flexibility index (Phi) is 10.2.